The van der Waals surface area contributed by atoms with Crippen molar-refractivity contribution in [1.82, 2.24) is 4.57 Å². The molecule has 0 spiro atoms. The van der Waals surface area contributed by atoms with Gasteiger partial charge in [0.25, 0.3) is 0 Å². The number of aromatic nitrogens is 1. The average Bonchev–Trinajstić information content (AvgIpc) is 2.79. The number of fused-ring (bicyclic) bond motifs is 1. The number of rotatable bonds is 2. The highest BCUT2D eigenvalue weighted by Crippen LogP contribution is 2.33. The van der Waals surface area contributed by atoms with Gasteiger partial charge < -0.3 is 5.11 Å². The average molecular weight is 297 g/mol. The molecule has 0 atom stereocenters. The van der Waals surface area contributed by atoms with Crippen LogP contribution in [0.2, 0.25) is 5.15 Å². The van der Waals surface area contributed by atoms with Crippen LogP contribution in [0.15, 0.2) is 48.5 Å². The zero-order valence-corrected chi connectivity index (χ0v) is 11.5. The minimum Gasteiger partial charge on any atom is -0.478 e. The van der Waals surface area contributed by atoms with Crippen LogP contribution in [-0.4, -0.2) is 15.6 Å². The van der Waals surface area contributed by atoms with Crippen LogP contribution in [-0.2, 0) is 0 Å². The fourth-order valence-corrected chi connectivity index (χ4v) is 2.72. The van der Waals surface area contributed by atoms with E-state index in [9.17, 15) is 9.90 Å². The highest BCUT2D eigenvalue weighted by molar-refractivity contribution is 6.35. The van der Waals surface area contributed by atoms with E-state index in [2.05, 4.69) is 0 Å². The lowest BCUT2D eigenvalue weighted by Crippen LogP contribution is -1.98. The quantitative estimate of drug-likeness (QED) is 0.781. The van der Waals surface area contributed by atoms with Gasteiger partial charge in [0.05, 0.1) is 17.1 Å². The van der Waals surface area contributed by atoms with Crippen molar-refractivity contribution in [2.24, 2.45) is 0 Å². The summed E-state index contributed by atoms with van der Waals surface area (Å²) in [5.41, 5.74) is 2.04. The monoisotopic (exact) mass is 296 g/mol. The smallest absolute Gasteiger partial charge is 0.339 e. The van der Waals surface area contributed by atoms with E-state index < -0.39 is 5.97 Å². The number of carboxylic acids is 1. The summed E-state index contributed by atoms with van der Waals surface area (Å²) in [7, 11) is 0. The van der Waals surface area contributed by atoms with E-state index in [0.29, 0.717) is 22.2 Å². The molecule has 4 nitrogen and oxygen atoms in total. The maximum absolute atomic E-state index is 11.4. The van der Waals surface area contributed by atoms with Gasteiger partial charge in [-0.3, -0.25) is 4.57 Å². The Morgan fingerprint density at radius 3 is 2.43 bits per heavy atom. The summed E-state index contributed by atoms with van der Waals surface area (Å²) >= 11 is 6.27. The first-order chi connectivity index (χ1) is 10.1. The summed E-state index contributed by atoms with van der Waals surface area (Å²) in [5, 5.41) is 18.9. The molecule has 1 aromatic heterocycles. The number of carboxylic acid groups (broad SMARTS) is 1. The fraction of sp³-hybridized carbons (Fsp3) is 0. The standard InChI is InChI=1S/C16H9ClN2O2/c17-15-14(16(20)21)12-3-1-2-4-13(12)19(15)11-7-5-10(9-18)6-8-11/h1-8H,(H,20,21). The van der Waals surface area contributed by atoms with Crippen LogP contribution in [0.3, 0.4) is 0 Å². The van der Waals surface area contributed by atoms with Crippen molar-refractivity contribution in [1.29, 1.82) is 5.26 Å². The van der Waals surface area contributed by atoms with Crippen LogP contribution in [0.5, 0.6) is 0 Å². The number of nitriles is 1. The Hall–Kier alpha value is -2.77. The minimum absolute atomic E-state index is 0.0802. The third-order valence-electron chi connectivity index (χ3n) is 3.29. The van der Waals surface area contributed by atoms with E-state index in [-0.39, 0.29) is 10.7 Å². The lowest BCUT2D eigenvalue weighted by molar-refractivity contribution is 0.0699. The predicted molar refractivity (Wildman–Crippen MR) is 80.0 cm³/mol. The molecule has 1 N–H and O–H groups in total. The molecule has 21 heavy (non-hydrogen) atoms. The Kier molecular flexibility index (Phi) is 3.13. The third kappa shape index (κ3) is 2.04. The van der Waals surface area contributed by atoms with E-state index in [1.807, 2.05) is 18.2 Å². The first-order valence-corrected chi connectivity index (χ1v) is 6.54. The van der Waals surface area contributed by atoms with E-state index in [1.165, 1.54) is 0 Å². The van der Waals surface area contributed by atoms with Gasteiger partial charge in [0.1, 0.15) is 10.7 Å². The van der Waals surface area contributed by atoms with Gasteiger partial charge in [-0.05, 0) is 30.3 Å². The van der Waals surface area contributed by atoms with E-state index >= 15 is 0 Å². The maximum Gasteiger partial charge on any atom is 0.339 e. The molecule has 0 radical (unpaired) electrons. The number of para-hydroxylation sites is 1. The summed E-state index contributed by atoms with van der Waals surface area (Å²) in [5.74, 6) is -1.07. The number of aromatic carboxylic acids is 1. The van der Waals surface area contributed by atoms with Crippen LogP contribution in [0.25, 0.3) is 16.6 Å². The predicted octanol–water partition coefficient (Wildman–Crippen LogP) is 3.85. The zero-order chi connectivity index (χ0) is 15.0. The van der Waals surface area contributed by atoms with E-state index in [0.717, 1.165) is 0 Å². The van der Waals surface area contributed by atoms with Gasteiger partial charge in [-0.2, -0.15) is 5.26 Å². The van der Waals surface area contributed by atoms with Crippen LogP contribution in [0, 0.1) is 11.3 Å². The normalized spacial score (nSPS) is 10.5. The number of halogens is 1. The van der Waals surface area contributed by atoms with Crippen molar-refractivity contribution < 1.29 is 9.90 Å². The van der Waals surface area contributed by atoms with Crippen molar-refractivity contribution in [3.63, 3.8) is 0 Å². The van der Waals surface area contributed by atoms with Crippen molar-refractivity contribution in [3.05, 3.63) is 64.8 Å². The molecule has 0 bridgehead atoms. The number of benzene rings is 2. The summed E-state index contributed by atoms with van der Waals surface area (Å²) in [6.45, 7) is 0. The molecule has 0 aliphatic carbocycles. The molecule has 0 aliphatic rings. The van der Waals surface area contributed by atoms with Crippen LogP contribution >= 0.6 is 11.6 Å². The molecule has 0 unspecified atom stereocenters. The lowest BCUT2D eigenvalue weighted by Gasteiger charge is -2.07. The van der Waals surface area contributed by atoms with Gasteiger partial charge in [-0.1, -0.05) is 29.8 Å². The Bertz CT molecular complexity index is 889. The van der Waals surface area contributed by atoms with Crippen molar-refractivity contribution in [2.45, 2.75) is 0 Å². The van der Waals surface area contributed by atoms with Gasteiger partial charge in [0.2, 0.25) is 0 Å². The molecule has 5 heteroatoms. The molecule has 3 rings (SSSR count). The summed E-state index contributed by atoms with van der Waals surface area (Å²) in [6.07, 6.45) is 0. The van der Waals surface area contributed by atoms with Gasteiger partial charge >= 0.3 is 5.97 Å². The van der Waals surface area contributed by atoms with Crippen LogP contribution < -0.4 is 0 Å². The molecule has 0 saturated carbocycles. The molecular weight excluding hydrogens is 288 g/mol. The van der Waals surface area contributed by atoms with Gasteiger partial charge in [-0.25, -0.2) is 4.79 Å². The molecule has 3 aromatic rings. The Labute approximate surface area is 125 Å². The molecule has 0 aliphatic heterocycles. The maximum atomic E-state index is 11.4. The lowest BCUT2D eigenvalue weighted by atomic mass is 10.2. The van der Waals surface area contributed by atoms with Gasteiger partial charge in [-0.15, -0.1) is 0 Å². The van der Waals surface area contributed by atoms with Crippen LogP contribution in [0.1, 0.15) is 15.9 Å². The molecule has 102 valence electrons. The largest absolute Gasteiger partial charge is 0.478 e. The minimum atomic E-state index is -1.07. The first kappa shape index (κ1) is 13.2. The van der Waals surface area contributed by atoms with Gasteiger partial charge in [0.15, 0.2) is 0 Å². The summed E-state index contributed by atoms with van der Waals surface area (Å²) in [6, 6.07) is 16.0. The second kappa shape index (κ2) is 4.97. The molecule has 2 aromatic carbocycles. The fourth-order valence-electron chi connectivity index (χ4n) is 2.35. The topological polar surface area (TPSA) is 66.0 Å². The number of carbonyl (C=O) groups is 1. The van der Waals surface area contributed by atoms with Crippen molar-refractivity contribution in [3.8, 4) is 11.8 Å². The number of nitrogens with zero attached hydrogens (tertiary/aromatic N) is 2. The van der Waals surface area contributed by atoms with Gasteiger partial charge in [0, 0.05) is 11.1 Å². The number of hydrogen-bond acceptors (Lipinski definition) is 2. The Morgan fingerprint density at radius 2 is 1.81 bits per heavy atom. The zero-order valence-electron chi connectivity index (χ0n) is 10.7. The molecule has 1 heterocycles. The Morgan fingerprint density at radius 1 is 1.14 bits per heavy atom. The van der Waals surface area contributed by atoms with E-state index in [1.54, 1.807) is 41.0 Å². The molecular formula is C16H9ClN2O2. The molecule has 0 amide bonds. The van der Waals surface area contributed by atoms with Crippen LogP contribution in [0.4, 0.5) is 0 Å². The second-order valence-electron chi connectivity index (χ2n) is 4.48. The Balaban J connectivity index is 2.34. The first-order valence-electron chi connectivity index (χ1n) is 6.16. The molecule has 0 fully saturated rings. The summed E-state index contributed by atoms with van der Waals surface area (Å²) in [4.78, 5) is 11.4. The SMILES string of the molecule is N#Cc1ccc(-n2c(Cl)c(C(=O)O)c3ccccc32)cc1. The van der Waals surface area contributed by atoms with Crippen molar-refractivity contribution >= 4 is 28.5 Å². The highest BCUT2D eigenvalue weighted by Gasteiger charge is 2.21. The third-order valence-corrected chi connectivity index (χ3v) is 3.64. The highest BCUT2D eigenvalue weighted by atomic mass is 35.5. The van der Waals surface area contributed by atoms with Crippen molar-refractivity contribution in [2.75, 3.05) is 0 Å². The second-order valence-corrected chi connectivity index (χ2v) is 4.84. The van der Waals surface area contributed by atoms with E-state index in [4.69, 9.17) is 16.9 Å². The molecule has 0 saturated heterocycles. The summed E-state index contributed by atoms with van der Waals surface area (Å²) < 4.78 is 1.67. The number of hydrogen-bond donors (Lipinski definition) is 1.